The van der Waals surface area contributed by atoms with E-state index in [1.54, 1.807) is 0 Å². The molecule has 1 aliphatic rings. The van der Waals surface area contributed by atoms with E-state index in [2.05, 4.69) is 43.9 Å². The van der Waals surface area contributed by atoms with Crippen LogP contribution in [-0.4, -0.2) is 24.5 Å². The summed E-state index contributed by atoms with van der Waals surface area (Å²) in [5.74, 6) is 0.886. The normalized spacial score (nSPS) is 22.3. The van der Waals surface area contributed by atoms with Gasteiger partial charge in [0.25, 0.3) is 0 Å². The van der Waals surface area contributed by atoms with Crippen LogP contribution in [0.4, 0.5) is 0 Å². The van der Waals surface area contributed by atoms with Crippen LogP contribution in [0.1, 0.15) is 42.5 Å². The van der Waals surface area contributed by atoms with Crippen LogP contribution in [0.2, 0.25) is 0 Å². The molecule has 0 aliphatic carbocycles. The molecule has 100 valence electrons. The summed E-state index contributed by atoms with van der Waals surface area (Å²) in [5, 5.41) is 0. The van der Waals surface area contributed by atoms with Crippen LogP contribution < -0.4 is 5.73 Å². The Morgan fingerprint density at radius 3 is 2.72 bits per heavy atom. The van der Waals surface area contributed by atoms with Gasteiger partial charge in [0.2, 0.25) is 0 Å². The van der Waals surface area contributed by atoms with Crippen LogP contribution in [-0.2, 0) is 0 Å². The Bertz CT molecular complexity index is 400. The van der Waals surface area contributed by atoms with Crippen molar-refractivity contribution in [3.8, 4) is 0 Å². The van der Waals surface area contributed by atoms with E-state index in [0.29, 0.717) is 0 Å². The van der Waals surface area contributed by atoms with Gasteiger partial charge in [-0.3, -0.25) is 0 Å². The smallest absolute Gasteiger partial charge is 0.0424 e. The summed E-state index contributed by atoms with van der Waals surface area (Å²) >= 11 is 0. The van der Waals surface area contributed by atoms with Crippen molar-refractivity contribution >= 4 is 0 Å². The van der Waals surface area contributed by atoms with Crippen LogP contribution >= 0.6 is 0 Å². The van der Waals surface area contributed by atoms with Crippen LogP contribution in [0.5, 0.6) is 0 Å². The van der Waals surface area contributed by atoms with Crippen molar-refractivity contribution in [1.82, 2.24) is 4.90 Å². The molecule has 0 aromatic heterocycles. The molecule has 2 N–H and O–H groups in total. The van der Waals surface area contributed by atoms with E-state index in [9.17, 15) is 0 Å². The molecule has 0 radical (unpaired) electrons. The van der Waals surface area contributed by atoms with Gasteiger partial charge in [0.1, 0.15) is 0 Å². The predicted octanol–water partition coefficient (Wildman–Crippen LogP) is 3.04. The second-order valence-corrected chi connectivity index (χ2v) is 5.77. The third-order valence-electron chi connectivity index (χ3n) is 4.36. The Morgan fingerprint density at radius 1 is 1.33 bits per heavy atom. The Kier molecular flexibility index (Phi) is 4.41. The second-order valence-electron chi connectivity index (χ2n) is 5.77. The number of nitrogens with two attached hydrogens (primary N) is 1. The molecule has 1 fully saturated rings. The highest BCUT2D eigenvalue weighted by atomic mass is 15.2. The molecule has 18 heavy (non-hydrogen) atoms. The van der Waals surface area contributed by atoms with Crippen molar-refractivity contribution in [2.24, 2.45) is 11.7 Å². The van der Waals surface area contributed by atoms with Crippen molar-refractivity contribution in [2.75, 3.05) is 19.6 Å². The average molecular weight is 246 g/mol. The van der Waals surface area contributed by atoms with E-state index in [0.717, 1.165) is 12.5 Å². The average Bonchev–Trinajstić information content (AvgIpc) is 2.80. The van der Waals surface area contributed by atoms with Gasteiger partial charge in [0.15, 0.2) is 0 Å². The van der Waals surface area contributed by atoms with Crippen LogP contribution in [0.25, 0.3) is 0 Å². The number of likely N-dealkylation sites (tertiary alicyclic amines) is 1. The van der Waals surface area contributed by atoms with Crippen LogP contribution in [0, 0.1) is 19.8 Å². The van der Waals surface area contributed by atoms with E-state index >= 15 is 0 Å². The molecule has 2 heteroatoms. The summed E-state index contributed by atoms with van der Waals surface area (Å²) < 4.78 is 0. The molecule has 2 rings (SSSR count). The summed E-state index contributed by atoms with van der Waals surface area (Å²) in [6.45, 7) is 10.0. The summed E-state index contributed by atoms with van der Waals surface area (Å²) in [4.78, 5) is 2.52. The van der Waals surface area contributed by atoms with E-state index < -0.39 is 0 Å². The molecule has 1 aliphatic heterocycles. The minimum atomic E-state index is 0.153. The second kappa shape index (κ2) is 5.85. The fraction of sp³-hybridized carbons (Fsp3) is 0.625. The molecular weight excluding hydrogens is 220 g/mol. The lowest BCUT2D eigenvalue weighted by molar-refractivity contribution is 0.302. The number of hydrogen-bond donors (Lipinski definition) is 1. The molecule has 2 nitrogen and oxygen atoms in total. The molecule has 0 saturated carbocycles. The van der Waals surface area contributed by atoms with Crippen LogP contribution in [0.15, 0.2) is 18.2 Å². The minimum absolute atomic E-state index is 0.153. The fourth-order valence-corrected chi connectivity index (χ4v) is 2.79. The summed E-state index contributed by atoms with van der Waals surface area (Å²) in [6, 6.07) is 6.76. The SMILES string of the molecule is CCC1CCN(CC(N)c2ccc(C)c(C)c2)C1. The Balaban J connectivity index is 1.95. The maximum atomic E-state index is 6.34. The van der Waals surface area contributed by atoms with Gasteiger partial charge in [-0.1, -0.05) is 31.5 Å². The lowest BCUT2D eigenvalue weighted by atomic mass is 10.0. The zero-order valence-electron chi connectivity index (χ0n) is 11.9. The highest BCUT2D eigenvalue weighted by molar-refractivity contribution is 5.31. The maximum absolute atomic E-state index is 6.34. The largest absolute Gasteiger partial charge is 0.323 e. The Morgan fingerprint density at radius 2 is 2.11 bits per heavy atom. The van der Waals surface area contributed by atoms with E-state index in [1.807, 2.05) is 0 Å². The topological polar surface area (TPSA) is 29.3 Å². The number of benzene rings is 1. The van der Waals surface area contributed by atoms with Crippen LogP contribution in [0.3, 0.4) is 0 Å². The summed E-state index contributed by atoms with van der Waals surface area (Å²) in [5.41, 5.74) is 10.3. The van der Waals surface area contributed by atoms with Crippen molar-refractivity contribution in [2.45, 2.75) is 39.7 Å². The third kappa shape index (κ3) is 3.12. The first kappa shape index (κ1) is 13.6. The first-order valence-electron chi connectivity index (χ1n) is 7.15. The molecule has 2 atom stereocenters. The monoisotopic (exact) mass is 246 g/mol. The lowest BCUT2D eigenvalue weighted by Gasteiger charge is -2.21. The van der Waals surface area contributed by atoms with Gasteiger partial charge in [-0.15, -0.1) is 0 Å². The minimum Gasteiger partial charge on any atom is -0.323 e. The number of nitrogens with zero attached hydrogens (tertiary/aromatic N) is 1. The maximum Gasteiger partial charge on any atom is 0.0424 e. The highest BCUT2D eigenvalue weighted by Crippen LogP contribution is 2.22. The lowest BCUT2D eigenvalue weighted by Crippen LogP contribution is -2.30. The molecule has 0 amide bonds. The van der Waals surface area contributed by atoms with Crippen molar-refractivity contribution in [1.29, 1.82) is 0 Å². The predicted molar refractivity (Wildman–Crippen MR) is 77.7 cm³/mol. The molecule has 1 aromatic rings. The van der Waals surface area contributed by atoms with Gasteiger partial charge in [0.05, 0.1) is 0 Å². The highest BCUT2D eigenvalue weighted by Gasteiger charge is 2.22. The van der Waals surface area contributed by atoms with E-state index in [1.165, 1.54) is 42.6 Å². The zero-order chi connectivity index (χ0) is 13.1. The molecule has 2 unspecified atom stereocenters. The fourth-order valence-electron chi connectivity index (χ4n) is 2.79. The molecule has 1 saturated heterocycles. The van der Waals surface area contributed by atoms with Gasteiger partial charge in [-0.25, -0.2) is 0 Å². The standard InChI is InChI=1S/C16H26N2/c1-4-14-7-8-18(10-14)11-16(17)15-6-5-12(2)13(3)9-15/h5-6,9,14,16H,4,7-8,10-11,17H2,1-3H3. The van der Waals surface area contributed by atoms with E-state index in [-0.39, 0.29) is 6.04 Å². The van der Waals surface area contributed by atoms with Crippen molar-refractivity contribution < 1.29 is 0 Å². The van der Waals surface area contributed by atoms with Gasteiger partial charge >= 0.3 is 0 Å². The van der Waals surface area contributed by atoms with Gasteiger partial charge in [0, 0.05) is 19.1 Å². The van der Waals surface area contributed by atoms with Crippen molar-refractivity contribution in [3.05, 3.63) is 34.9 Å². The number of rotatable bonds is 4. The van der Waals surface area contributed by atoms with Gasteiger partial charge in [-0.2, -0.15) is 0 Å². The number of aryl methyl sites for hydroxylation is 2. The summed E-state index contributed by atoms with van der Waals surface area (Å²) in [7, 11) is 0. The number of hydrogen-bond acceptors (Lipinski definition) is 2. The first-order valence-corrected chi connectivity index (χ1v) is 7.15. The molecule has 0 bridgehead atoms. The summed E-state index contributed by atoms with van der Waals surface area (Å²) in [6.07, 6.45) is 2.64. The van der Waals surface area contributed by atoms with Gasteiger partial charge < -0.3 is 10.6 Å². The molecule has 1 aromatic carbocycles. The third-order valence-corrected chi connectivity index (χ3v) is 4.36. The molecular formula is C16H26N2. The Hall–Kier alpha value is -0.860. The zero-order valence-corrected chi connectivity index (χ0v) is 11.9. The molecule has 1 heterocycles. The molecule has 0 spiro atoms. The van der Waals surface area contributed by atoms with Crippen molar-refractivity contribution in [3.63, 3.8) is 0 Å². The van der Waals surface area contributed by atoms with Gasteiger partial charge in [-0.05, 0) is 49.4 Å². The Labute approximate surface area is 111 Å². The first-order chi connectivity index (χ1) is 8.60. The quantitative estimate of drug-likeness (QED) is 0.885. The van der Waals surface area contributed by atoms with E-state index in [4.69, 9.17) is 5.73 Å².